The number of hydrogen-bond donors (Lipinski definition) is 1. The molecule has 2 aromatic rings. The summed E-state index contributed by atoms with van der Waals surface area (Å²) >= 11 is 3.51. The quantitative estimate of drug-likeness (QED) is 0.781. The summed E-state index contributed by atoms with van der Waals surface area (Å²) in [6, 6.07) is 10.9. The Labute approximate surface area is 135 Å². The van der Waals surface area contributed by atoms with Crippen LogP contribution in [0, 0.1) is 20.8 Å². The van der Waals surface area contributed by atoms with Gasteiger partial charge in [-0.1, -0.05) is 39.7 Å². The minimum absolute atomic E-state index is 0.221. The second-order valence-corrected chi connectivity index (χ2v) is 6.44. The van der Waals surface area contributed by atoms with Crippen LogP contribution in [0.15, 0.2) is 34.8 Å². The molecule has 0 saturated heterocycles. The summed E-state index contributed by atoms with van der Waals surface area (Å²) in [5.41, 5.74) is 6.12. The van der Waals surface area contributed by atoms with Crippen LogP contribution in [0.3, 0.4) is 0 Å². The Morgan fingerprint density at radius 3 is 2.43 bits per heavy atom. The van der Waals surface area contributed by atoms with Gasteiger partial charge in [-0.2, -0.15) is 0 Å². The molecule has 0 saturated carbocycles. The number of nitrogens with one attached hydrogen (secondary N) is 1. The molecule has 0 aliphatic rings. The maximum atomic E-state index is 5.51. The Morgan fingerprint density at radius 2 is 1.76 bits per heavy atom. The van der Waals surface area contributed by atoms with Crippen LogP contribution < -0.4 is 10.1 Å². The summed E-state index contributed by atoms with van der Waals surface area (Å²) in [7, 11) is 1.70. The van der Waals surface area contributed by atoms with Crippen LogP contribution in [-0.4, -0.2) is 7.11 Å². The molecule has 0 aliphatic carbocycles. The number of aryl methyl sites for hydroxylation is 3. The number of ether oxygens (including phenoxy) is 1. The normalized spacial score (nSPS) is 12.1. The monoisotopic (exact) mass is 347 g/mol. The molecule has 112 valence electrons. The summed E-state index contributed by atoms with van der Waals surface area (Å²) < 4.78 is 6.53. The Bertz CT molecular complexity index is 652. The number of rotatable bonds is 4. The van der Waals surface area contributed by atoms with Crippen molar-refractivity contribution < 1.29 is 4.74 Å². The molecule has 1 N–H and O–H groups in total. The summed E-state index contributed by atoms with van der Waals surface area (Å²) in [4.78, 5) is 0. The third kappa shape index (κ3) is 3.59. The molecule has 0 heterocycles. The third-order valence-electron chi connectivity index (χ3n) is 3.75. The lowest BCUT2D eigenvalue weighted by Crippen LogP contribution is -2.10. The molecule has 21 heavy (non-hydrogen) atoms. The van der Waals surface area contributed by atoms with Crippen molar-refractivity contribution in [1.82, 2.24) is 0 Å². The van der Waals surface area contributed by atoms with Gasteiger partial charge < -0.3 is 10.1 Å². The summed E-state index contributed by atoms with van der Waals surface area (Å²) in [6.07, 6.45) is 0. The van der Waals surface area contributed by atoms with E-state index < -0.39 is 0 Å². The van der Waals surface area contributed by atoms with Crippen molar-refractivity contribution in [2.45, 2.75) is 33.7 Å². The second-order valence-electron chi connectivity index (χ2n) is 5.53. The van der Waals surface area contributed by atoms with E-state index in [1.165, 1.54) is 22.3 Å². The smallest absolute Gasteiger partial charge is 0.143 e. The fourth-order valence-corrected chi connectivity index (χ4v) is 3.13. The standard InChI is InChI=1S/C18H22BrNO/c1-11-6-7-12(2)16(8-11)14(4)20-18-13(3)9-15(19)10-17(18)21-5/h6-10,14,20H,1-5H3. The van der Waals surface area contributed by atoms with Gasteiger partial charge in [-0.25, -0.2) is 0 Å². The second kappa shape index (κ2) is 6.52. The van der Waals surface area contributed by atoms with Crippen molar-refractivity contribution in [3.05, 3.63) is 57.1 Å². The average molecular weight is 348 g/mol. The molecule has 0 spiro atoms. The molecular formula is C18H22BrNO. The van der Waals surface area contributed by atoms with Crippen LogP contribution in [-0.2, 0) is 0 Å². The summed E-state index contributed by atoms with van der Waals surface area (Å²) in [5, 5.41) is 3.60. The van der Waals surface area contributed by atoms with Gasteiger partial charge in [0.05, 0.1) is 12.8 Å². The predicted molar refractivity (Wildman–Crippen MR) is 93.4 cm³/mol. The Hall–Kier alpha value is -1.48. The highest BCUT2D eigenvalue weighted by molar-refractivity contribution is 9.10. The maximum Gasteiger partial charge on any atom is 0.143 e. The molecule has 1 atom stereocenters. The lowest BCUT2D eigenvalue weighted by Gasteiger charge is -2.22. The van der Waals surface area contributed by atoms with E-state index in [0.29, 0.717) is 0 Å². The molecule has 0 amide bonds. The zero-order valence-corrected chi connectivity index (χ0v) is 14.8. The molecule has 0 radical (unpaired) electrons. The van der Waals surface area contributed by atoms with Crippen LogP contribution >= 0.6 is 15.9 Å². The first-order chi connectivity index (χ1) is 9.92. The molecule has 0 fully saturated rings. The Kier molecular flexibility index (Phi) is 4.94. The van der Waals surface area contributed by atoms with E-state index in [1.54, 1.807) is 7.11 Å². The molecule has 2 aromatic carbocycles. The van der Waals surface area contributed by atoms with E-state index in [1.807, 2.05) is 6.07 Å². The first kappa shape index (κ1) is 15.9. The molecule has 1 unspecified atom stereocenters. The van der Waals surface area contributed by atoms with Crippen molar-refractivity contribution >= 4 is 21.6 Å². The molecule has 0 aliphatic heterocycles. The molecule has 2 nitrogen and oxygen atoms in total. The minimum atomic E-state index is 0.221. The van der Waals surface area contributed by atoms with E-state index in [2.05, 4.69) is 73.2 Å². The highest BCUT2D eigenvalue weighted by Gasteiger charge is 2.14. The van der Waals surface area contributed by atoms with Gasteiger partial charge in [0.1, 0.15) is 5.75 Å². The number of hydrogen-bond acceptors (Lipinski definition) is 2. The van der Waals surface area contributed by atoms with E-state index >= 15 is 0 Å². The van der Waals surface area contributed by atoms with Crippen molar-refractivity contribution in [2.24, 2.45) is 0 Å². The van der Waals surface area contributed by atoms with Gasteiger partial charge in [-0.05, 0) is 56.5 Å². The van der Waals surface area contributed by atoms with Gasteiger partial charge in [0.25, 0.3) is 0 Å². The molecular weight excluding hydrogens is 326 g/mol. The van der Waals surface area contributed by atoms with Gasteiger partial charge >= 0.3 is 0 Å². The average Bonchev–Trinajstić information content (AvgIpc) is 2.43. The largest absolute Gasteiger partial charge is 0.495 e. The number of halogens is 1. The Morgan fingerprint density at radius 1 is 1.05 bits per heavy atom. The predicted octanol–water partition coefficient (Wildman–Crippen LogP) is 5.56. The van der Waals surface area contributed by atoms with Crippen molar-refractivity contribution in [3.8, 4) is 5.75 Å². The third-order valence-corrected chi connectivity index (χ3v) is 4.20. The molecule has 0 aromatic heterocycles. The Balaban J connectivity index is 2.35. The summed E-state index contributed by atoms with van der Waals surface area (Å²) in [5.74, 6) is 0.860. The van der Waals surface area contributed by atoms with Gasteiger partial charge in [0.2, 0.25) is 0 Å². The number of anilines is 1. The van der Waals surface area contributed by atoms with Gasteiger partial charge in [0, 0.05) is 10.5 Å². The van der Waals surface area contributed by atoms with Crippen molar-refractivity contribution in [1.29, 1.82) is 0 Å². The maximum absolute atomic E-state index is 5.51. The van der Waals surface area contributed by atoms with Crippen LogP contribution in [0.25, 0.3) is 0 Å². The van der Waals surface area contributed by atoms with Gasteiger partial charge in [-0.15, -0.1) is 0 Å². The van der Waals surface area contributed by atoms with E-state index in [4.69, 9.17) is 4.74 Å². The van der Waals surface area contributed by atoms with Crippen LogP contribution in [0.5, 0.6) is 5.75 Å². The highest BCUT2D eigenvalue weighted by atomic mass is 79.9. The first-order valence-electron chi connectivity index (χ1n) is 7.10. The zero-order chi connectivity index (χ0) is 15.6. The molecule has 2 rings (SSSR count). The highest BCUT2D eigenvalue weighted by Crippen LogP contribution is 2.35. The van der Waals surface area contributed by atoms with Crippen molar-refractivity contribution in [3.63, 3.8) is 0 Å². The summed E-state index contributed by atoms with van der Waals surface area (Å²) in [6.45, 7) is 8.55. The molecule has 0 bridgehead atoms. The van der Waals surface area contributed by atoms with E-state index in [0.717, 1.165) is 15.9 Å². The fourth-order valence-electron chi connectivity index (χ4n) is 2.58. The zero-order valence-electron chi connectivity index (χ0n) is 13.3. The van der Waals surface area contributed by atoms with E-state index in [-0.39, 0.29) is 6.04 Å². The van der Waals surface area contributed by atoms with Crippen LogP contribution in [0.1, 0.15) is 35.2 Å². The topological polar surface area (TPSA) is 21.3 Å². The molecule has 3 heteroatoms. The van der Waals surface area contributed by atoms with Crippen LogP contribution in [0.2, 0.25) is 0 Å². The van der Waals surface area contributed by atoms with E-state index in [9.17, 15) is 0 Å². The number of benzene rings is 2. The van der Waals surface area contributed by atoms with Gasteiger partial charge in [0.15, 0.2) is 0 Å². The lowest BCUT2D eigenvalue weighted by molar-refractivity contribution is 0.415. The van der Waals surface area contributed by atoms with Gasteiger partial charge in [-0.3, -0.25) is 0 Å². The fraction of sp³-hybridized carbons (Fsp3) is 0.333. The van der Waals surface area contributed by atoms with Crippen molar-refractivity contribution in [2.75, 3.05) is 12.4 Å². The lowest BCUT2D eigenvalue weighted by atomic mass is 9.99. The SMILES string of the molecule is COc1cc(Br)cc(C)c1NC(C)c1cc(C)ccc1C. The number of methoxy groups -OCH3 is 1. The minimum Gasteiger partial charge on any atom is -0.495 e. The first-order valence-corrected chi connectivity index (χ1v) is 7.89. The van der Waals surface area contributed by atoms with Crippen LogP contribution in [0.4, 0.5) is 5.69 Å².